The second-order valence-electron chi connectivity index (χ2n) is 6.69. The Balaban J connectivity index is 2.66. The van der Waals surface area contributed by atoms with E-state index in [1.54, 1.807) is 12.2 Å². The standard InChI is InChI=1S/C20H34O5/c1-2-3-6-9-15(21)12-13-17-16(18(22)14-19(17)23)10-7-4-5-8-11-20(24)25/h12-13,15-17,19,21,23H,2-11,14H2,1H3,(H,24,25)/b13-12+/t15-,16-,17-,19-/m1/s1/i5D2,8D2. The molecule has 0 spiro atoms. The molecule has 0 aromatic carbocycles. The summed E-state index contributed by atoms with van der Waals surface area (Å²) in [6.45, 7) is 2.07. The molecule has 1 aliphatic rings. The maximum atomic E-state index is 12.2. The van der Waals surface area contributed by atoms with Gasteiger partial charge in [0.25, 0.3) is 0 Å². The third-order valence-corrected chi connectivity index (χ3v) is 4.57. The number of hydrogen-bond donors (Lipinski definition) is 3. The number of hydrogen-bond acceptors (Lipinski definition) is 4. The number of carboxylic acid groups (broad SMARTS) is 1. The maximum absolute atomic E-state index is 12.2. The Kier molecular flexibility index (Phi) is 7.81. The Bertz CT molecular complexity index is 579. The molecule has 1 aliphatic carbocycles. The van der Waals surface area contributed by atoms with Gasteiger partial charge in [-0.2, -0.15) is 0 Å². The van der Waals surface area contributed by atoms with Gasteiger partial charge in [-0.15, -0.1) is 0 Å². The van der Waals surface area contributed by atoms with Crippen LogP contribution >= 0.6 is 0 Å². The van der Waals surface area contributed by atoms with Crippen LogP contribution in [0.1, 0.15) is 82.9 Å². The second-order valence-corrected chi connectivity index (χ2v) is 6.69. The van der Waals surface area contributed by atoms with Gasteiger partial charge in [0.2, 0.25) is 0 Å². The summed E-state index contributed by atoms with van der Waals surface area (Å²) >= 11 is 0. The summed E-state index contributed by atoms with van der Waals surface area (Å²) in [5.74, 6) is -2.49. The maximum Gasteiger partial charge on any atom is 0.303 e. The van der Waals surface area contributed by atoms with Gasteiger partial charge in [0.15, 0.2) is 0 Å². The quantitative estimate of drug-likeness (QED) is 0.346. The Hall–Kier alpha value is -1.20. The lowest BCUT2D eigenvalue weighted by molar-refractivity contribution is -0.137. The predicted molar refractivity (Wildman–Crippen MR) is 97.2 cm³/mol. The van der Waals surface area contributed by atoms with E-state index in [1.165, 1.54) is 0 Å². The molecule has 144 valence electrons. The van der Waals surface area contributed by atoms with Crippen LogP contribution in [0, 0.1) is 11.8 Å². The minimum absolute atomic E-state index is 0.0122. The number of carboxylic acids is 1. The van der Waals surface area contributed by atoms with Crippen LogP contribution in [-0.2, 0) is 9.59 Å². The molecule has 0 aromatic heterocycles. The average molecular weight is 359 g/mol. The fourth-order valence-electron chi connectivity index (χ4n) is 3.19. The van der Waals surface area contributed by atoms with Gasteiger partial charge in [-0.1, -0.05) is 57.6 Å². The van der Waals surface area contributed by atoms with Crippen molar-refractivity contribution in [2.75, 3.05) is 0 Å². The molecule has 0 bridgehead atoms. The van der Waals surface area contributed by atoms with Crippen molar-refractivity contribution < 1.29 is 30.4 Å². The molecule has 5 heteroatoms. The summed E-state index contributed by atoms with van der Waals surface area (Å²) in [6.07, 6.45) is -0.134. The number of Topliss-reactive ketones (excluding diaryl/α,β-unsaturated/α-hetero) is 1. The van der Waals surface area contributed by atoms with E-state index in [1.807, 2.05) is 0 Å². The van der Waals surface area contributed by atoms with Crippen molar-refractivity contribution in [1.29, 1.82) is 0 Å². The molecule has 0 aliphatic heterocycles. The minimum Gasteiger partial charge on any atom is -0.481 e. The van der Waals surface area contributed by atoms with Crippen LogP contribution in [0.15, 0.2) is 12.2 Å². The average Bonchev–Trinajstić information content (AvgIpc) is 2.85. The molecule has 4 atom stereocenters. The highest BCUT2D eigenvalue weighted by Gasteiger charge is 2.39. The van der Waals surface area contributed by atoms with E-state index in [-0.39, 0.29) is 31.5 Å². The summed E-state index contributed by atoms with van der Waals surface area (Å²) in [6, 6.07) is 0. The Morgan fingerprint density at radius 3 is 2.76 bits per heavy atom. The highest BCUT2D eigenvalue weighted by molar-refractivity contribution is 5.84. The molecule has 1 fully saturated rings. The van der Waals surface area contributed by atoms with Crippen molar-refractivity contribution >= 4 is 11.8 Å². The summed E-state index contributed by atoms with van der Waals surface area (Å²) < 4.78 is 31.2. The van der Waals surface area contributed by atoms with Crippen molar-refractivity contribution in [2.24, 2.45) is 11.8 Å². The van der Waals surface area contributed by atoms with Crippen molar-refractivity contribution in [1.82, 2.24) is 0 Å². The second kappa shape index (κ2) is 12.2. The lowest BCUT2D eigenvalue weighted by Gasteiger charge is -2.18. The van der Waals surface area contributed by atoms with E-state index >= 15 is 0 Å². The first kappa shape index (κ1) is 16.0. The molecule has 0 amide bonds. The number of aliphatic carboxylic acids is 1. The largest absolute Gasteiger partial charge is 0.481 e. The number of unbranched alkanes of at least 4 members (excludes halogenated alkanes) is 2. The van der Waals surface area contributed by atoms with Crippen molar-refractivity contribution in [3.05, 3.63) is 12.2 Å². The van der Waals surface area contributed by atoms with Crippen LogP contribution in [0.25, 0.3) is 0 Å². The predicted octanol–water partition coefficient (Wildman–Crippen LogP) is 3.48. The zero-order valence-corrected chi connectivity index (χ0v) is 15.0. The molecule has 0 aromatic rings. The molecule has 0 unspecified atom stereocenters. The van der Waals surface area contributed by atoms with Crippen LogP contribution in [0.3, 0.4) is 0 Å². The first-order chi connectivity index (χ1) is 13.4. The van der Waals surface area contributed by atoms with E-state index in [0.29, 0.717) is 6.42 Å². The van der Waals surface area contributed by atoms with E-state index in [2.05, 4.69) is 6.92 Å². The van der Waals surface area contributed by atoms with Crippen molar-refractivity contribution in [3.63, 3.8) is 0 Å². The van der Waals surface area contributed by atoms with E-state index in [4.69, 9.17) is 10.6 Å². The summed E-state index contributed by atoms with van der Waals surface area (Å²) in [4.78, 5) is 23.0. The van der Waals surface area contributed by atoms with Crippen LogP contribution in [0.4, 0.5) is 0 Å². The van der Waals surface area contributed by atoms with Gasteiger partial charge < -0.3 is 15.3 Å². The SMILES string of the molecule is [2H]C([2H])(CCC[C@H]1C(=O)C[C@@H](O)[C@@H]1/C=C/[C@H](O)CCCCC)C([2H])([2H])CC(=O)O. The minimum atomic E-state index is -2.51. The summed E-state index contributed by atoms with van der Waals surface area (Å²) in [7, 11) is 0. The normalized spacial score (nSPS) is 28.4. The Labute approximate surface area is 156 Å². The zero-order valence-electron chi connectivity index (χ0n) is 19.0. The number of aliphatic hydroxyl groups is 2. The fourth-order valence-corrected chi connectivity index (χ4v) is 3.19. The zero-order chi connectivity index (χ0) is 22.2. The topological polar surface area (TPSA) is 94.8 Å². The van der Waals surface area contributed by atoms with Crippen molar-refractivity contribution in [2.45, 2.75) is 89.7 Å². The molecule has 0 heterocycles. The van der Waals surface area contributed by atoms with E-state index in [9.17, 15) is 19.8 Å². The third kappa shape index (κ3) is 8.63. The molecule has 1 saturated carbocycles. The number of ketones is 1. The van der Waals surface area contributed by atoms with Crippen LogP contribution in [0.2, 0.25) is 0 Å². The Morgan fingerprint density at radius 2 is 2.08 bits per heavy atom. The monoisotopic (exact) mass is 358 g/mol. The number of carbonyl (C=O) groups excluding carboxylic acids is 1. The summed E-state index contributed by atoms with van der Waals surface area (Å²) in [5, 5.41) is 29.0. The van der Waals surface area contributed by atoms with Crippen molar-refractivity contribution in [3.8, 4) is 0 Å². The number of rotatable bonds is 13. The molecule has 5 nitrogen and oxygen atoms in total. The first-order valence-corrected chi connectivity index (χ1v) is 9.20. The highest BCUT2D eigenvalue weighted by atomic mass is 16.4. The van der Waals surface area contributed by atoms with Gasteiger partial charge in [0, 0.05) is 30.2 Å². The smallest absolute Gasteiger partial charge is 0.303 e. The molecule has 3 N–H and O–H groups in total. The highest BCUT2D eigenvalue weighted by Crippen LogP contribution is 2.34. The molecule has 0 saturated heterocycles. The van der Waals surface area contributed by atoms with Gasteiger partial charge in [-0.3, -0.25) is 9.59 Å². The molecule has 25 heavy (non-hydrogen) atoms. The van der Waals surface area contributed by atoms with Gasteiger partial charge in [-0.05, 0) is 19.2 Å². The first-order valence-electron chi connectivity index (χ1n) is 11.2. The van der Waals surface area contributed by atoms with Gasteiger partial charge >= 0.3 is 5.97 Å². The van der Waals surface area contributed by atoms with Crippen LogP contribution < -0.4 is 0 Å². The van der Waals surface area contributed by atoms with Gasteiger partial charge in [-0.25, -0.2) is 0 Å². The number of aliphatic hydroxyl groups excluding tert-OH is 2. The lowest BCUT2D eigenvalue weighted by atomic mass is 9.88. The van der Waals surface area contributed by atoms with Crippen LogP contribution in [0.5, 0.6) is 0 Å². The summed E-state index contributed by atoms with van der Waals surface area (Å²) in [5.41, 5.74) is 0. The van der Waals surface area contributed by atoms with Gasteiger partial charge in [0.05, 0.1) is 12.2 Å². The molecule has 1 rings (SSSR count). The van der Waals surface area contributed by atoms with E-state index in [0.717, 1.165) is 19.3 Å². The molecular formula is C20H34O5. The Morgan fingerprint density at radius 1 is 1.32 bits per heavy atom. The molecule has 0 radical (unpaired) electrons. The van der Waals surface area contributed by atoms with Crippen LogP contribution in [-0.4, -0.2) is 39.3 Å². The van der Waals surface area contributed by atoms with E-state index < -0.39 is 49.2 Å². The number of carbonyl (C=O) groups is 2. The fraction of sp³-hybridized carbons (Fsp3) is 0.800. The molecular weight excluding hydrogens is 320 g/mol. The lowest BCUT2D eigenvalue weighted by Crippen LogP contribution is -2.19. The third-order valence-electron chi connectivity index (χ3n) is 4.57. The van der Waals surface area contributed by atoms with Gasteiger partial charge in [0.1, 0.15) is 5.78 Å².